The van der Waals surface area contributed by atoms with Crippen LogP contribution < -0.4 is 0 Å². The lowest BCUT2D eigenvalue weighted by Crippen LogP contribution is -2.03. The molecule has 0 unspecified atom stereocenters. The molecular weight excluding hydrogens is 398 g/mol. The summed E-state index contributed by atoms with van der Waals surface area (Å²) in [5, 5.41) is 5.78. The van der Waals surface area contributed by atoms with Crippen LogP contribution in [-0.4, -0.2) is 20.5 Å². The topological polar surface area (TPSA) is 30.7 Å². The number of aromatic nitrogens is 3. The molecule has 0 spiro atoms. The monoisotopic (exact) mass is 451 g/mol. The van der Waals surface area contributed by atoms with Gasteiger partial charge in [-0.1, -0.05) is 141 Å². The highest BCUT2D eigenvalue weighted by Crippen LogP contribution is 2.20. The van der Waals surface area contributed by atoms with E-state index in [1.165, 1.54) is 134 Å². The standard InChI is InChI=1S/C27H53N3S/c1-4-6-8-10-12-14-16-18-20-22-24-30-27(28-26(3)29-30)31-25-23-21-19-17-15-13-11-9-7-5-2/h4-25H2,1-3H3. The molecule has 0 amide bonds. The first-order valence-corrected chi connectivity index (χ1v) is 14.8. The third kappa shape index (κ3) is 16.7. The van der Waals surface area contributed by atoms with E-state index in [0.717, 1.165) is 17.5 Å². The first-order chi connectivity index (χ1) is 15.3. The largest absolute Gasteiger partial charge is 0.241 e. The first kappa shape index (κ1) is 28.5. The molecule has 182 valence electrons. The third-order valence-electron chi connectivity index (χ3n) is 6.20. The summed E-state index contributed by atoms with van der Waals surface area (Å²) in [6, 6.07) is 0. The van der Waals surface area contributed by atoms with E-state index in [1.807, 2.05) is 18.7 Å². The van der Waals surface area contributed by atoms with Gasteiger partial charge in [0.2, 0.25) is 0 Å². The fourth-order valence-corrected chi connectivity index (χ4v) is 5.20. The summed E-state index contributed by atoms with van der Waals surface area (Å²) in [5.41, 5.74) is 0. The summed E-state index contributed by atoms with van der Waals surface area (Å²) < 4.78 is 2.17. The average Bonchev–Trinajstić information content (AvgIpc) is 3.12. The number of hydrogen-bond acceptors (Lipinski definition) is 3. The Morgan fingerprint density at radius 2 is 1.00 bits per heavy atom. The van der Waals surface area contributed by atoms with Crippen LogP contribution >= 0.6 is 11.8 Å². The molecule has 3 nitrogen and oxygen atoms in total. The molecule has 0 bridgehead atoms. The SMILES string of the molecule is CCCCCCCCCCCCSc1nc(C)nn1CCCCCCCCCCCC. The Bertz CT molecular complexity index is 501. The van der Waals surface area contributed by atoms with Crippen molar-refractivity contribution in [1.29, 1.82) is 0 Å². The van der Waals surface area contributed by atoms with Crippen LogP contribution in [0.4, 0.5) is 0 Å². The average molecular weight is 452 g/mol. The van der Waals surface area contributed by atoms with Crippen LogP contribution in [0.5, 0.6) is 0 Å². The smallest absolute Gasteiger partial charge is 0.186 e. The minimum absolute atomic E-state index is 0.928. The molecule has 0 N–H and O–H groups in total. The predicted octanol–water partition coefficient (Wildman–Crippen LogP) is 9.52. The number of aryl methyl sites for hydroxylation is 2. The van der Waals surface area contributed by atoms with E-state index in [1.54, 1.807) is 0 Å². The van der Waals surface area contributed by atoms with Crippen LogP contribution in [0.25, 0.3) is 0 Å². The summed E-state index contributed by atoms with van der Waals surface area (Å²) >= 11 is 1.92. The van der Waals surface area contributed by atoms with E-state index in [2.05, 4.69) is 28.6 Å². The molecule has 0 radical (unpaired) electrons. The molecule has 0 aromatic carbocycles. The van der Waals surface area contributed by atoms with Crippen LogP contribution in [0.3, 0.4) is 0 Å². The number of thioether (sulfide) groups is 1. The minimum atomic E-state index is 0.928. The van der Waals surface area contributed by atoms with Crippen LogP contribution in [0.2, 0.25) is 0 Å². The molecule has 31 heavy (non-hydrogen) atoms. The Labute approximate surface area is 199 Å². The van der Waals surface area contributed by atoms with E-state index in [0.29, 0.717) is 0 Å². The maximum atomic E-state index is 4.67. The third-order valence-corrected chi connectivity index (χ3v) is 7.25. The Kier molecular flexibility index (Phi) is 19.6. The first-order valence-electron chi connectivity index (χ1n) is 13.8. The Balaban J connectivity index is 2.00. The van der Waals surface area contributed by atoms with Gasteiger partial charge < -0.3 is 0 Å². The second-order valence-electron chi connectivity index (χ2n) is 9.38. The summed E-state index contributed by atoms with van der Waals surface area (Å²) in [6.45, 7) is 7.65. The second-order valence-corrected chi connectivity index (χ2v) is 10.4. The molecule has 1 aromatic heterocycles. The molecule has 0 atom stereocenters. The lowest BCUT2D eigenvalue weighted by Gasteiger charge is -2.06. The Hall–Kier alpha value is -0.510. The predicted molar refractivity (Wildman–Crippen MR) is 139 cm³/mol. The van der Waals surface area contributed by atoms with Crippen molar-refractivity contribution < 1.29 is 0 Å². The summed E-state index contributed by atoms with van der Waals surface area (Å²) in [4.78, 5) is 4.67. The van der Waals surface area contributed by atoms with Gasteiger partial charge in [-0.3, -0.25) is 0 Å². The lowest BCUT2D eigenvalue weighted by molar-refractivity contribution is 0.491. The molecule has 0 aliphatic heterocycles. The zero-order chi connectivity index (χ0) is 22.4. The van der Waals surface area contributed by atoms with Crippen molar-refractivity contribution in [3.63, 3.8) is 0 Å². The zero-order valence-electron chi connectivity index (χ0n) is 21.3. The Morgan fingerprint density at radius 3 is 1.48 bits per heavy atom. The van der Waals surface area contributed by atoms with Crippen molar-refractivity contribution >= 4 is 11.8 Å². The number of nitrogens with zero attached hydrogens (tertiary/aromatic N) is 3. The van der Waals surface area contributed by atoms with Gasteiger partial charge in [-0.2, -0.15) is 5.10 Å². The van der Waals surface area contributed by atoms with E-state index in [4.69, 9.17) is 0 Å². The van der Waals surface area contributed by atoms with Gasteiger partial charge in [-0.05, 0) is 19.8 Å². The number of hydrogen-bond donors (Lipinski definition) is 0. The summed E-state index contributed by atoms with van der Waals surface area (Å²) in [5.74, 6) is 2.12. The van der Waals surface area contributed by atoms with Crippen molar-refractivity contribution in [2.24, 2.45) is 0 Å². The molecule has 1 aromatic rings. The molecule has 1 heterocycles. The summed E-state index contributed by atoms with van der Waals surface area (Å²) in [7, 11) is 0. The van der Waals surface area contributed by atoms with Crippen molar-refractivity contribution in [3.05, 3.63) is 5.82 Å². The maximum absolute atomic E-state index is 4.67. The molecule has 4 heteroatoms. The van der Waals surface area contributed by atoms with E-state index < -0.39 is 0 Å². The fraction of sp³-hybridized carbons (Fsp3) is 0.926. The van der Waals surface area contributed by atoms with Gasteiger partial charge in [0.1, 0.15) is 5.82 Å². The van der Waals surface area contributed by atoms with Gasteiger partial charge in [-0.25, -0.2) is 9.67 Å². The molecule has 0 aliphatic carbocycles. The van der Waals surface area contributed by atoms with Gasteiger partial charge in [0, 0.05) is 12.3 Å². The van der Waals surface area contributed by atoms with Crippen molar-refractivity contribution in [1.82, 2.24) is 14.8 Å². The summed E-state index contributed by atoms with van der Waals surface area (Å²) in [6.07, 6.45) is 27.9. The molecule has 0 saturated heterocycles. The van der Waals surface area contributed by atoms with Crippen LogP contribution in [0, 0.1) is 6.92 Å². The van der Waals surface area contributed by atoms with Crippen molar-refractivity contribution in [2.75, 3.05) is 5.75 Å². The van der Waals surface area contributed by atoms with E-state index >= 15 is 0 Å². The quantitative estimate of drug-likeness (QED) is 0.122. The highest BCUT2D eigenvalue weighted by atomic mass is 32.2. The normalized spacial score (nSPS) is 11.5. The van der Waals surface area contributed by atoms with Gasteiger partial charge >= 0.3 is 0 Å². The van der Waals surface area contributed by atoms with Crippen molar-refractivity contribution in [3.8, 4) is 0 Å². The van der Waals surface area contributed by atoms with Gasteiger partial charge in [0.25, 0.3) is 0 Å². The van der Waals surface area contributed by atoms with E-state index in [-0.39, 0.29) is 0 Å². The van der Waals surface area contributed by atoms with Gasteiger partial charge in [-0.15, -0.1) is 0 Å². The highest BCUT2D eigenvalue weighted by molar-refractivity contribution is 7.99. The van der Waals surface area contributed by atoms with Gasteiger partial charge in [0.15, 0.2) is 5.16 Å². The van der Waals surface area contributed by atoms with E-state index in [9.17, 15) is 0 Å². The zero-order valence-corrected chi connectivity index (χ0v) is 22.1. The van der Waals surface area contributed by atoms with Crippen molar-refractivity contribution in [2.45, 2.75) is 161 Å². The molecule has 0 saturated carbocycles. The highest BCUT2D eigenvalue weighted by Gasteiger charge is 2.07. The fourth-order valence-electron chi connectivity index (χ4n) is 4.19. The number of unbranched alkanes of at least 4 members (excludes halogenated alkanes) is 18. The molecular formula is C27H53N3S. The number of rotatable bonds is 23. The van der Waals surface area contributed by atoms with Crippen LogP contribution in [0.1, 0.15) is 148 Å². The lowest BCUT2D eigenvalue weighted by atomic mass is 10.1. The minimum Gasteiger partial charge on any atom is -0.241 e. The maximum Gasteiger partial charge on any atom is 0.186 e. The second kappa shape index (κ2) is 21.3. The van der Waals surface area contributed by atoms with Crippen LogP contribution in [0.15, 0.2) is 5.16 Å². The Morgan fingerprint density at radius 1 is 0.581 bits per heavy atom. The van der Waals surface area contributed by atoms with Gasteiger partial charge in [0.05, 0.1) is 0 Å². The molecule has 0 fully saturated rings. The molecule has 1 rings (SSSR count). The van der Waals surface area contributed by atoms with Crippen LogP contribution in [-0.2, 0) is 6.54 Å². The molecule has 0 aliphatic rings.